The maximum absolute atomic E-state index is 13.5. The molecule has 5 rings (SSSR count). The number of nitrogens with zero attached hydrogens (tertiary/aromatic N) is 1. The van der Waals surface area contributed by atoms with Crippen LogP contribution in [0.4, 0.5) is 5.00 Å². The Kier molecular flexibility index (Phi) is 5.30. The number of aryl methyl sites for hydroxylation is 1. The second kappa shape index (κ2) is 8.27. The van der Waals surface area contributed by atoms with Gasteiger partial charge in [-0.05, 0) is 54.5 Å². The van der Waals surface area contributed by atoms with E-state index >= 15 is 0 Å². The van der Waals surface area contributed by atoms with E-state index in [1.54, 1.807) is 12.1 Å². The molecule has 7 nitrogen and oxygen atoms in total. The van der Waals surface area contributed by atoms with Crippen LogP contribution in [0.5, 0.6) is 0 Å². The molecule has 0 saturated heterocycles. The zero-order valence-electron chi connectivity index (χ0n) is 17.4. The van der Waals surface area contributed by atoms with Crippen molar-refractivity contribution in [1.29, 1.82) is 0 Å². The van der Waals surface area contributed by atoms with E-state index in [0.717, 1.165) is 47.3 Å². The first kappa shape index (κ1) is 20.5. The largest absolute Gasteiger partial charge is 0.459 e. The van der Waals surface area contributed by atoms with Gasteiger partial charge in [-0.25, -0.2) is 0 Å². The zero-order valence-corrected chi connectivity index (χ0v) is 18.2. The van der Waals surface area contributed by atoms with Crippen LogP contribution in [0.2, 0.25) is 0 Å². The molecule has 0 radical (unpaired) electrons. The summed E-state index contributed by atoms with van der Waals surface area (Å²) in [5, 5.41) is 3.42. The van der Waals surface area contributed by atoms with Gasteiger partial charge in [-0.3, -0.25) is 14.4 Å². The summed E-state index contributed by atoms with van der Waals surface area (Å²) in [7, 11) is 0. The normalized spacial score (nSPS) is 17.4. The number of thiophene rings is 1. The van der Waals surface area contributed by atoms with Crippen molar-refractivity contribution in [3.8, 4) is 0 Å². The lowest BCUT2D eigenvalue weighted by molar-refractivity contribution is -0.121. The molecule has 3 N–H and O–H groups in total. The van der Waals surface area contributed by atoms with Gasteiger partial charge in [0.2, 0.25) is 5.91 Å². The number of amides is 3. The summed E-state index contributed by atoms with van der Waals surface area (Å²) in [5.74, 6) is -1.02. The SMILES string of the molecule is NC(=O)c1c(NC(=O)[C@@H]2Cc3ccccc3CN2C(=O)c2ccco2)sc2c1CCCC2. The number of hydrogen-bond donors (Lipinski definition) is 2. The number of furan rings is 1. The molecule has 0 unspecified atom stereocenters. The highest BCUT2D eigenvalue weighted by atomic mass is 32.1. The van der Waals surface area contributed by atoms with Gasteiger partial charge in [-0.15, -0.1) is 11.3 Å². The lowest BCUT2D eigenvalue weighted by Crippen LogP contribution is -2.50. The van der Waals surface area contributed by atoms with Crippen LogP contribution >= 0.6 is 11.3 Å². The Bertz CT molecular complexity index is 1200. The number of primary amides is 1. The molecule has 32 heavy (non-hydrogen) atoms. The minimum Gasteiger partial charge on any atom is -0.459 e. The van der Waals surface area contributed by atoms with Gasteiger partial charge < -0.3 is 20.4 Å². The molecule has 3 aromatic rings. The third kappa shape index (κ3) is 3.60. The molecule has 1 aliphatic carbocycles. The van der Waals surface area contributed by atoms with Gasteiger partial charge in [-0.1, -0.05) is 24.3 Å². The molecule has 2 aromatic heterocycles. The molecule has 3 heterocycles. The van der Waals surface area contributed by atoms with Gasteiger partial charge in [0.15, 0.2) is 5.76 Å². The Hall–Kier alpha value is -3.39. The number of hydrogen-bond acceptors (Lipinski definition) is 5. The second-order valence-electron chi connectivity index (χ2n) is 8.17. The number of nitrogens with one attached hydrogen (secondary N) is 1. The zero-order chi connectivity index (χ0) is 22.2. The van der Waals surface area contributed by atoms with Crippen LogP contribution < -0.4 is 11.1 Å². The number of fused-ring (bicyclic) bond motifs is 2. The number of benzene rings is 1. The number of rotatable bonds is 4. The minimum atomic E-state index is -0.734. The smallest absolute Gasteiger partial charge is 0.290 e. The van der Waals surface area contributed by atoms with E-state index in [-0.39, 0.29) is 17.6 Å². The number of nitrogens with two attached hydrogens (primary N) is 1. The standard InChI is InChI=1S/C24H23N3O4S/c25-21(28)20-16-8-3-4-10-19(16)32-23(20)26-22(29)17-12-14-6-1-2-7-15(14)13-27(17)24(30)18-9-5-11-31-18/h1-2,5-7,9,11,17H,3-4,8,10,12-13H2,(H2,25,28)(H,26,29)/t17-/m0/s1. The van der Waals surface area contributed by atoms with Gasteiger partial charge >= 0.3 is 0 Å². The Morgan fingerprint density at radius 3 is 2.59 bits per heavy atom. The van der Waals surface area contributed by atoms with Crippen molar-refractivity contribution in [1.82, 2.24) is 4.90 Å². The maximum Gasteiger partial charge on any atom is 0.290 e. The van der Waals surface area contributed by atoms with Crippen LogP contribution in [-0.4, -0.2) is 28.7 Å². The fraction of sp³-hybridized carbons (Fsp3) is 0.292. The highest BCUT2D eigenvalue weighted by Crippen LogP contribution is 2.38. The Balaban J connectivity index is 1.48. The van der Waals surface area contributed by atoms with E-state index in [9.17, 15) is 14.4 Å². The molecule has 1 aromatic carbocycles. The van der Waals surface area contributed by atoms with E-state index in [1.807, 2.05) is 24.3 Å². The minimum absolute atomic E-state index is 0.187. The molecule has 1 aliphatic heterocycles. The van der Waals surface area contributed by atoms with Gasteiger partial charge in [0.05, 0.1) is 11.8 Å². The van der Waals surface area contributed by atoms with Gasteiger partial charge in [0.1, 0.15) is 11.0 Å². The monoisotopic (exact) mass is 449 g/mol. The van der Waals surface area contributed by atoms with Crippen LogP contribution in [0.3, 0.4) is 0 Å². The summed E-state index contributed by atoms with van der Waals surface area (Å²) in [6.07, 6.45) is 5.56. The molecule has 3 amide bonds. The molecule has 164 valence electrons. The number of carbonyl (C=O) groups excluding carboxylic acids is 3. The third-order valence-electron chi connectivity index (χ3n) is 6.20. The summed E-state index contributed by atoms with van der Waals surface area (Å²) in [4.78, 5) is 41.5. The predicted molar refractivity (Wildman–Crippen MR) is 121 cm³/mol. The Morgan fingerprint density at radius 2 is 1.84 bits per heavy atom. The number of carbonyl (C=O) groups is 3. The fourth-order valence-electron chi connectivity index (χ4n) is 4.62. The van der Waals surface area contributed by atoms with Crippen LogP contribution in [0.25, 0.3) is 0 Å². The molecular formula is C24H23N3O4S. The first-order valence-corrected chi connectivity index (χ1v) is 11.5. The summed E-state index contributed by atoms with van der Waals surface area (Å²) in [6.45, 7) is 0.303. The van der Waals surface area contributed by atoms with Gasteiger partial charge in [0.25, 0.3) is 11.8 Å². The molecule has 1 atom stereocenters. The summed E-state index contributed by atoms with van der Waals surface area (Å²) in [5.41, 5.74) is 9.08. The van der Waals surface area contributed by atoms with Gasteiger partial charge in [0, 0.05) is 17.8 Å². The van der Waals surface area contributed by atoms with Crippen molar-refractivity contribution < 1.29 is 18.8 Å². The lowest BCUT2D eigenvalue weighted by Gasteiger charge is -2.35. The Labute approximate surface area is 189 Å². The highest BCUT2D eigenvalue weighted by Gasteiger charge is 2.37. The lowest BCUT2D eigenvalue weighted by atomic mass is 9.93. The topological polar surface area (TPSA) is 106 Å². The number of anilines is 1. The van der Waals surface area contributed by atoms with Crippen LogP contribution in [0.15, 0.2) is 47.1 Å². The van der Waals surface area contributed by atoms with Crippen LogP contribution in [-0.2, 0) is 30.6 Å². The van der Waals surface area contributed by atoms with Gasteiger partial charge in [-0.2, -0.15) is 0 Å². The van der Waals surface area contributed by atoms with Crippen molar-refractivity contribution in [2.24, 2.45) is 5.73 Å². The summed E-state index contributed by atoms with van der Waals surface area (Å²) >= 11 is 1.42. The maximum atomic E-state index is 13.5. The van der Waals surface area contributed by atoms with E-state index < -0.39 is 11.9 Å². The first-order chi connectivity index (χ1) is 15.5. The average Bonchev–Trinajstić information content (AvgIpc) is 3.45. The Morgan fingerprint density at radius 1 is 1.06 bits per heavy atom. The molecule has 0 saturated carbocycles. The average molecular weight is 450 g/mol. The van der Waals surface area contributed by atoms with Crippen molar-refractivity contribution >= 4 is 34.1 Å². The molecule has 2 aliphatic rings. The van der Waals surface area contributed by atoms with Crippen molar-refractivity contribution in [2.75, 3.05) is 5.32 Å². The first-order valence-electron chi connectivity index (χ1n) is 10.7. The van der Waals surface area contributed by atoms with Crippen LogP contribution in [0, 0.1) is 0 Å². The summed E-state index contributed by atoms with van der Waals surface area (Å²) in [6, 6.07) is 10.3. The highest BCUT2D eigenvalue weighted by molar-refractivity contribution is 7.17. The van der Waals surface area contributed by atoms with Crippen molar-refractivity contribution in [3.05, 3.63) is 75.6 Å². The third-order valence-corrected chi connectivity index (χ3v) is 7.41. The molecule has 0 fully saturated rings. The quantitative estimate of drug-likeness (QED) is 0.636. The van der Waals surface area contributed by atoms with E-state index in [4.69, 9.17) is 10.2 Å². The molecule has 0 bridgehead atoms. The van der Waals surface area contributed by atoms with E-state index in [0.29, 0.717) is 23.5 Å². The van der Waals surface area contributed by atoms with E-state index in [1.165, 1.54) is 22.5 Å². The molecule has 8 heteroatoms. The predicted octanol–water partition coefficient (Wildman–Crippen LogP) is 3.52. The molecule has 0 spiro atoms. The summed E-state index contributed by atoms with van der Waals surface area (Å²) < 4.78 is 5.31. The fourth-order valence-corrected chi connectivity index (χ4v) is 5.92. The van der Waals surface area contributed by atoms with Crippen molar-refractivity contribution in [3.63, 3.8) is 0 Å². The molecular weight excluding hydrogens is 426 g/mol. The second-order valence-corrected chi connectivity index (χ2v) is 9.27. The van der Waals surface area contributed by atoms with Crippen molar-refractivity contribution in [2.45, 2.75) is 44.7 Å². The van der Waals surface area contributed by atoms with E-state index in [2.05, 4.69) is 5.32 Å². The van der Waals surface area contributed by atoms with Crippen LogP contribution in [0.1, 0.15) is 55.3 Å².